The van der Waals surface area contributed by atoms with Gasteiger partial charge in [0, 0.05) is 6.61 Å². The number of hydrogen-bond acceptors (Lipinski definition) is 8. The summed E-state index contributed by atoms with van der Waals surface area (Å²) >= 11 is 19.4. The third-order valence-corrected chi connectivity index (χ3v) is 6.11. The fourth-order valence-corrected chi connectivity index (χ4v) is 3.48. The molecule has 0 spiro atoms. The number of hydrogen-bond donors (Lipinski definition) is 2. The van der Waals surface area contributed by atoms with Crippen LogP contribution >= 0.6 is 67.7 Å². The van der Waals surface area contributed by atoms with Crippen molar-refractivity contribution in [1.29, 1.82) is 0 Å². The minimum absolute atomic E-state index is 0. The van der Waals surface area contributed by atoms with E-state index in [2.05, 4.69) is 28.8 Å². The average molecular weight is 984 g/mol. The van der Waals surface area contributed by atoms with Gasteiger partial charge >= 0.3 is 80.9 Å². The van der Waals surface area contributed by atoms with E-state index in [1.807, 2.05) is 13.8 Å². The van der Waals surface area contributed by atoms with E-state index in [1.54, 1.807) is 31.2 Å². The molecule has 4 aromatic rings. The van der Waals surface area contributed by atoms with Crippen molar-refractivity contribution < 1.29 is 127 Å². The van der Waals surface area contributed by atoms with Crippen molar-refractivity contribution in [2.75, 3.05) is 25.6 Å². The summed E-state index contributed by atoms with van der Waals surface area (Å²) in [4.78, 5) is 8.00. The zero-order valence-corrected chi connectivity index (χ0v) is 39.6. The molecule has 286 valence electrons. The number of ether oxygens (including phenoxy) is 2. The van der Waals surface area contributed by atoms with Gasteiger partial charge in [-0.25, -0.2) is 26.3 Å². The molecule has 0 aliphatic rings. The van der Waals surface area contributed by atoms with E-state index < -0.39 is 45.6 Å². The van der Waals surface area contributed by atoms with E-state index in [4.69, 9.17) is 65.2 Å². The average Bonchev–Trinajstić information content (AvgIpc) is 3.07. The maximum absolute atomic E-state index is 13.1. The Hall–Kier alpha value is -0.794. The van der Waals surface area contributed by atoms with Crippen LogP contribution in [0.3, 0.4) is 0 Å². The van der Waals surface area contributed by atoms with Crippen LogP contribution in [0.4, 0.5) is 32.0 Å². The topological polar surface area (TPSA) is 147 Å². The normalized spacial score (nSPS) is 8.15. The minimum Gasteiger partial charge on any atom is -0.870 e. The molecule has 0 aliphatic heterocycles. The van der Waals surface area contributed by atoms with E-state index in [0.29, 0.717) is 29.2 Å². The second-order valence-corrected chi connectivity index (χ2v) is 9.64. The van der Waals surface area contributed by atoms with Crippen molar-refractivity contribution in [3.63, 3.8) is 0 Å². The molecule has 53 heavy (non-hydrogen) atoms. The van der Waals surface area contributed by atoms with Gasteiger partial charge in [0.05, 0.1) is 17.7 Å². The number of para-hydroxylation sites is 1. The fraction of sp³-hybridized carbons (Fsp3) is 0.188. The van der Waals surface area contributed by atoms with Gasteiger partial charge in [0.2, 0.25) is 0 Å². The first-order valence-electron chi connectivity index (χ1n) is 13.2. The first-order chi connectivity index (χ1) is 23.2. The van der Waals surface area contributed by atoms with Crippen LogP contribution in [0.2, 0.25) is 15.1 Å². The maximum atomic E-state index is 13.1. The summed E-state index contributed by atoms with van der Waals surface area (Å²) in [5.74, 6) is -3.03. The Kier molecular flexibility index (Phi) is 53.5. The van der Waals surface area contributed by atoms with Crippen LogP contribution in [0.5, 0.6) is 11.5 Å². The molecular formula is C32H33Br2Cl3F6KN2NaO6. The summed E-state index contributed by atoms with van der Waals surface area (Å²) in [5, 5.41) is 16.2. The van der Waals surface area contributed by atoms with Crippen molar-refractivity contribution in [3.05, 3.63) is 131 Å². The van der Waals surface area contributed by atoms with Crippen LogP contribution in [0.25, 0.3) is 0 Å². The minimum atomic E-state index is -0.725. The molecule has 4 rings (SSSR count). The predicted octanol–water partition coefficient (Wildman–Crippen LogP) is 5.59. The number of terminal acetylenes is 1. The SMILES string of the molecule is Br.C#C.CCO.CCOc1ccc(Br)c(F)c1Cl.CCOc1cccc(F)c1Cl.Fc1cccc(F)c1Cl.Nc1c(F)cccc1F.O=N[O-].[K+].[Na+].[OH-]. The van der Waals surface area contributed by atoms with Gasteiger partial charge in [-0.1, -0.05) is 53.0 Å². The van der Waals surface area contributed by atoms with E-state index in [-0.39, 0.29) is 120 Å². The monoisotopic (exact) mass is 980 g/mol. The van der Waals surface area contributed by atoms with Crippen LogP contribution in [0.15, 0.2) is 76.5 Å². The molecule has 0 fully saturated rings. The maximum Gasteiger partial charge on any atom is 1.00 e. The Bertz CT molecular complexity index is 1480. The Morgan fingerprint density at radius 2 is 1.04 bits per heavy atom. The van der Waals surface area contributed by atoms with E-state index in [0.717, 1.165) is 29.6 Å². The zero-order chi connectivity index (χ0) is 38.5. The van der Waals surface area contributed by atoms with Crippen molar-refractivity contribution in [1.82, 2.24) is 0 Å². The Labute approximate surface area is 402 Å². The van der Waals surface area contributed by atoms with Crippen LogP contribution in [-0.4, -0.2) is 30.4 Å². The number of rotatable bonds is 4. The van der Waals surface area contributed by atoms with Gasteiger partial charge in [0.15, 0.2) is 5.82 Å². The molecule has 4 aromatic carbocycles. The molecule has 0 heterocycles. The van der Waals surface area contributed by atoms with Crippen LogP contribution in [0.1, 0.15) is 20.8 Å². The number of halogens is 11. The quantitative estimate of drug-likeness (QED) is 0.0516. The number of benzene rings is 4. The Morgan fingerprint density at radius 3 is 1.36 bits per heavy atom. The molecule has 0 unspecified atom stereocenters. The largest absolute Gasteiger partial charge is 1.00 e. The molecule has 0 amide bonds. The number of anilines is 1. The smallest absolute Gasteiger partial charge is 0.870 e. The second kappa shape index (κ2) is 42.4. The summed E-state index contributed by atoms with van der Waals surface area (Å²) in [6, 6.07) is 14.6. The van der Waals surface area contributed by atoms with Gasteiger partial charge in [-0.3, -0.25) is 0 Å². The summed E-state index contributed by atoms with van der Waals surface area (Å²) in [6.45, 7) is 6.53. The van der Waals surface area contributed by atoms with Crippen molar-refractivity contribution in [2.45, 2.75) is 20.8 Å². The molecule has 0 atom stereocenters. The molecule has 21 heteroatoms. The summed E-state index contributed by atoms with van der Waals surface area (Å²) in [6.07, 6.45) is 8.00. The molecular weight excluding hydrogens is 951 g/mol. The summed E-state index contributed by atoms with van der Waals surface area (Å²) in [7, 11) is 0. The standard InChI is InChI=1S/C8H7BrClFO.C8H8ClFO.C6H3ClF2.C6H5F2N.C2H6O.C2H2.BrH.K.HNO2.Na.H2O/c1-2-12-6-4-3-5(9)8(11)7(6)10;1-2-11-7-5-3-4-6(10)8(7)9;7-6-4(8)2-1-3-5(6)9;7-4-2-1-3-5(8)6(4)9;1-2-3;1-2;;;2-1-3;;/h3-4H,2H2,1H3;3-5H,2H2,1H3;1-3H;1-3H,9H2;3H,2H2,1H3;1-2H;1H;;(H,2,3);;1H2/q;;;;;;;+1;;+1;/p-2. The van der Waals surface area contributed by atoms with Crippen molar-refractivity contribution in [2.24, 2.45) is 5.34 Å². The number of nitrogens with zero attached hydrogens (tertiary/aromatic N) is 1. The number of aliphatic hydroxyl groups excluding tert-OH is 1. The number of nitrogens with two attached hydrogens (primary N) is 1. The first-order valence-corrected chi connectivity index (χ1v) is 15.1. The van der Waals surface area contributed by atoms with Crippen molar-refractivity contribution >= 4 is 73.4 Å². The first kappa shape index (κ1) is 67.0. The Balaban J connectivity index is -0.0000000978. The molecule has 0 saturated heterocycles. The molecule has 4 N–H and O–H groups in total. The van der Waals surface area contributed by atoms with Gasteiger partial charge in [0.1, 0.15) is 61.3 Å². The number of nitrogen functional groups attached to an aromatic ring is 1. The van der Waals surface area contributed by atoms with E-state index in [1.165, 1.54) is 18.2 Å². The fourth-order valence-electron chi connectivity index (χ4n) is 2.51. The van der Waals surface area contributed by atoms with Crippen LogP contribution in [-0.2, 0) is 0 Å². The summed E-state index contributed by atoms with van der Waals surface area (Å²) < 4.78 is 85.1. The zero-order valence-electron chi connectivity index (χ0n) is 28.9. The molecule has 8 nitrogen and oxygen atoms in total. The van der Waals surface area contributed by atoms with Crippen LogP contribution < -0.4 is 96.1 Å². The molecule has 0 bridgehead atoms. The van der Waals surface area contributed by atoms with Gasteiger partial charge < -0.3 is 35.9 Å². The van der Waals surface area contributed by atoms with E-state index >= 15 is 0 Å². The Morgan fingerprint density at radius 1 is 0.736 bits per heavy atom. The summed E-state index contributed by atoms with van der Waals surface area (Å²) in [5.41, 5.74) is 4.51. The van der Waals surface area contributed by atoms with E-state index in [9.17, 15) is 26.3 Å². The second-order valence-electron chi connectivity index (χ2n) is 7.65. The molecule has 0 saturated carbocycles. The third kappa shape index (κ3) is 30.1. The number of aliphatic hydroxyl groups is 1. The van der Waals surface area contributed by atoms with Gasteiger partial charge in [-0.2, -0.15) is 0 Å². The van der Waals surface area contributed by atoms with Gasteiger partial charge in [-0.15, -0.1) is 35.2 Å². The molecule has 0 radical (unpaired) electrons. The third-order valence-electron chi connectivity index (χ3n) is 4.42. The predicted molar refractivity (Wildman–Crippen MR) is 199 cm³/mol. The van der Waals surface area contributed by atoms with Gasteiger partial charge in [-0.05, 0) is 85.2 Å². The van der Waals surface area contributed by atoms with Gasteiger partial charge in [0.25, 0.3) is 0 Å². The molecule has 0 aliphatic carbocycles. The van der Waals surface area contributed by atoms with Crippen LogP contribution in [0, 0.1) is 57.9 Å². The van der Waals surface area contributed by atoms with Crippen molar-refractivity contribution in [3.8, 4) is 24.3 Å². The molecule has 0 aromatic heterocycles.